The molecule has 0 bridgehead atoms. The first-order valence-electron chi connectivity index (χ1n) is 5.30. The summed E-state index contributed by atoms with van der Waals surface area (Å²) in [7, 11) is 0. The number of halogens is 1. The summed E-state index contributed by atoms with van der Waals surface area (Å²) >= 11 is 3.51. The first-order valence-corrected chi connectivity index (χ1v) is 6.09. The van der Waals surface area contributed by atoms with Crippen LogP contribution in [0.2, 0.25) is 0 Å². The van der Waals surface area contributed by atoms with Crippen LogP contribution in [0.4, 0.5) is 0 Å². The zero-order chi connectivity index (χ0) is 11.0. The standard InChI is InChI=1S/C12H15BrN2/c1-4-11-14-12(13)10-7-9(8(2)3)5-6-15(10)11/h5-8H,4H2,1-3H3. The average molecular weight is 267 g/mol. The summed E-state index contributed by atoms with van der Waals surface area (Å²) in [5, 5.41) is 0. The molecular formula is C12H15BrN2. The van der Waals surface area contributed by atoms with Gasteiger partial charge in [0.1, 0.15) is 10.4 Å². The lowest BCUT2D eigenvalue weighted by molar-refractivity contribution is 0.858. The van der Waals surface area contributed by atoms with E-state index >= 15 is 0 Å². The van der Waals surface area contributed by atoms with Crippen LogP contribution in [0.5, 0.6) is 0 Å². The molecule has 80 valence electrons. The van der Waals surface area contributed by atoms with Crippen LogP contribution in [-0.4, -0.2) is 9.38 Å². The maximum atomic E-state index is 4.49. The van der Waals surface area contributed by atoms with Gasteiger partial charge in [0.05, 0.1) is 5.52 Å². The Morgan fingerprint density at radius 1 is 1.47 bits per heavy atom. The molecule has 0 atom stereocenters. The Balaban J connectivity index is 2.66. The van der Waals surface area contributed by atoms with E-state index in [-0.39, 0.29) is 0 Å². The van der Waals surface area contributed by atoms with Crippen LogP contribution in [-0.2, 0) is 6.42 Å². The normalized spacial score (nSPS) is 11.5. The lowest BCUT2D eigenvalue weighted by Crippen LogP contribution is -1.94. The fourth-order valence-corrected chi connectivity index (χ4v) is 2.24. The topological polar surface area (TPSA) is 17.3 Å². The van der Waals surface area contributed by atoms with Gasteiger partial charge in [-0.1, -0.05) is 20.8 Å². The lowest BCUT2D eigenvalue weighted by Gasteiger charge is -2.06. The quantitative estimate of drug-likeness (QED) is 0.809. The highest BCUT2D eigenvalue weighted by Crippen LogP contribution is 2.23. The first-order chi connectivity index (χ1) is 7.13. The fourth-order valence-electron chi connectivity index (χ4n) is 1.73. The van der Waals surface area contributed by atoms with Crippen molar-refractivity contribution in [2.75, 3.05) is 0 Å². The van der Waals surface area contributed by atoms with Gasteiger partial charge in [0.15, 0.2) is 0 Å². The summed E-state index contributed by atoms with van der Waals surface area (Å²) in [4.78, 5) is 4.49. The van der Waals surface area contributed by atoms with Gasteiger partial charge in [-0.25, -0.2) is 4.98 Å². The Hall–Kier alpha value is -0.830. The number of aryl methyl sites for hydroxylation is 1. The number of hydrogen-bond acceptors (Lipinski definition) is 1. The summed E-state index contributed by atoms with van der Waals surface area (Å²) in [6.07, 6.45) is 3.06. The molecule has 2 heterocycles. The number of hydrogen-bond donors (Lipinski definition) is 0. The first kappa shape index (κ1) is 10.7. The van der Waals surface area contributed by atoms with Gasteiger partial charge in [0.25, 0.3) is 0 Å². The molecule has 3 heteroatoms. The third-order valence-electron chi connectivity index (χ3n) is 2.68. The predicted molar refractivity (Wildman–Crippen MR) is 66.4 cm³/mol. The number of fused-ring (bicyclic) bond motifs is 1. The minimum absolute atomic E-state index is 0.557. The van der Waals surface area contributed by atoms with E-state index in [1.54, 1.807) is 0 Å². The largest absolute Gasteiger partial charge is 0.303 e. The van der Waals surface area contributed by atoms with E-state index in [9.17, 15) is 0 Å². The zero-order valence-corrected chi connectivity index (χ0v) is 10.9. The number of nitrogens with zero attached hydrogens (tertiary/aromatic N) is 2. The molecule has 2 rings (SSSR count). The summed E-state index contributed by atoms with van der Waals surface area (Å²) in [5.41, 5.74) is 2.52. The van der Waals surface area contributed by atoms with E-state index in [1.165, 1.54) is 5.56 Å². The van der Waals surface area contributed by atoms with E-state index in [4.69, 9.17) is 0 Å². The second-order valence-electron chi connectivity index (χ2n) is 4.04. The van der Waals surface area contributed by atoms with Gasteiger partial charge >= 0.3 is 0 Å². The van der Waals surface area contributed by atoms with Crippen molar-refractivity contribution in [2.45, 2.75) is 33.1 Å². The monoisotopic (exact) mass is 266 g/mol. The van der Waals surface area contributed by atoms with Gasteiger partial charge in [-0.2, -0.15) is 0 Å². The van der Waals surface area contributed by atoms with Gasteiger partial charge in [-0.05, 0) is 39.5 Å². The molecule has 0 amide bonds. The van der Waals surface area contributed by atoms with Crippen LogP contribution in [0.25, 0.3) is 5.52 Å². The molecule has 0 aliphatic heterocycles. The SMILES string of the molecule is CCc1nc(Br)c2cc(C(C)C)ccn12. The van der Waals surface area contributed by atoms with Gasteiger partial charge in [0.2, 0.25) is 0 Å². The minimum atomic E-state index is 0.557. The zero-order valence-electron chi connectivity index (χ0n) is 9.29. The number of aromatic nitrogens is 2. The van der Waals surface area contributed by atoms with E-state index in [0.29, 0.717) is 5.92 Å². The molecular weight excluding hydrogens is 252 g/mol. The van der Waals surface area contributed by atoms with Crippen LogP contribution in [0.3, 0.4) is 0 Å². The van der Waals surface area contributed by atoms with Crippen molar-refractivity contribution in [3.05, 3.63) is 34.3 Å². The predicted octanol–water partition coefficient (Wildman–Crippen LogP) is 3.78. The van der Waals surface area contributed by atoms with Crippen molar-refractivity contribution in [2.24, 2.45) is 0 Å². The van der Waals surface area contributed by atoms with Crippen LogP contribution in [0, 0.1) is 0 Å². The molecule has 0 aliphatic carbocycles. The second kappa shape index (κ2) is 3.97. The minimum Gasteiger partial charge on any atom is -0.303 e. The van der Waals surface area contributed by atoms with E-state index in [1.807, 2.05) is 0 Å². The smallest absolute Gasteiger partial charge is 0.132 e. The highest BCUT2D eigenvalue weighted by molar-refractivity contribution is 9.10. The molecule has 0 saturated carbocycles. The van der Waals surface area contributed by atoms with Crippen molar-refractivity contribution < 1.29 is 0 Å². The average Bonchev–Trinajstić information content (AvgIpc) is 2.55. The molecule has 0 fully saturated rings. The maximum Gasteiger partial charge on any atom is 0.132 e. The maximum absolute atomic E-state index is 4.49. The molecule has 15 heavy (non-hydrogen) atoms. The third kappa shape index (κ3) is 1.81. The summed E-state index contributed by atoms with van der Waals surface area (Å²) in [6, 6.07) is 4.38. The van der Waals surface area contributed by atoms with E-state index < -0.39 is 0 Å². The Labute approximate surface area is 98.5 Å². The van der Waals surface area contributed by atoms with Crippen molar-refractivity contribution >= 4 is 21.4 Å². The van der Waals surface area contributed by atoms with Crippen LogP contribution >= 0.6 is 15.9 Å². The molecule has 0 saturated heterocycles. The molecule has 0 N–H and O–H groups in total. The Morgan fingerprint density at radius 3 is 2.80 bits per heavy atom. The molecule has 0 radical (unpaired) electrons. The molecule has 2 nitrogen and oxygen atoms in total. The number of imidazole rings is 1. The Morgan fingerprint density at radius 2 is 2.20 bits per heavy atom. The van der Waals surface area contributed by atoms with Gasteiger partial charge in [-0.3, -0.25) is 0 Å². The van der Waals surface area contributed by atoms with Crippen molar-refractivity contribution in [3.63, 3.8) is 0 Å². The number of rotatable bonds is 2. The lowest BCUT2D eigenvalue weighted by atomic mass is 10.1. The van der Waals surface area contributed by atoms with Crippen LogP contribution < -0.4 is 0 Å². The molecule has 2 aromatic heterocycles. The molecule has 0 aromatic carbocycles. The molecule has 2 aromatic rings. The highest BCUT2D eigenvalue weighted by Gasteiger charge is 2.08. The summed E-state index contributed by atoms with van der Waals surface area (Å²) in [6.45, 7) is 6.53. The van der Waals surface area contributed by atoms with Crippen molar-refractivity contribution in [3.8, 4) is 0 Å². The number of pyridine rings is 1. The third-order valence-corrected chi connectivity index (χ3v) is 3.26. The van der Waals surface area contributed by atoms with E-state index in [2.05, 4.69) is 64.4 Å². The van der Waals surface area contributed by atoms with Gasteiger partial charge in [0, 0.05) is 12.6 Å². The highest BCUT2D eigenvalue weighted by atomic mass is 79.9. The van der Waals surface area contributed by atoms with Gasteiger partial charge in [-0.15, -0.1) is 0 Å². The fraction of sp³-hybridized carbons (Fsp3) is 0.417. The second-order valence-corrected chi connectivity index (χ2v) is 4.79. The summed E-state index contributed by atoms with van der Waals surface area (Å²) in [5.74, 6) is 1.66. The molecule has 0 aliphatic rings. The van der Waals surface area contributed by atoms with Crippen LogP contribution in [0.1, 0.15) is 38.1 Å². The summed E-state index contributed by atoms with van der Waals surface area (Å²) < 4.78 is 3.09. The molecule has 0 spiro atoms. The van der Waals surface area contributed by atoms with Gasteiger partial charge < -0.3 is 4.40 Å². The van der Waals surface area contributed by atoms with E-state index in [0.717, 1.165) is 22.4 Å². The van der Waals surface area contributed by atoms with Crippen LogP contribution in [0.15, 0.2) is 22.9 Å². The Kier molecular flexibility index (Phi) is 2.83. The Bertz CT molecular complexity index is 486. The molecule has 0 unspecified atom stereocenters. The van der Waals surface area contributed by atoms with Crippen molar-refractivity contribution in [1.82, 2.24) is 9.38 Å². The van der Waals surface area contributed by atoms with Crippen molar-refractivity contribution in [1.29, 1.82) is 0 Å².